The number of nitrogens with one attached hydrogen (secondary N) is 1. The molecule has 1 N–H and O–H groups in total. The van der Waals surface area contributed by atoms with Gasteiger partial charge < -0.3 is 19.5 Å². The molecule has 1 saturated heterocycles. The van der Waals surface area contributed by atoms with Gasteiger partial charge in [-0.05, 0) is 106 Å². The lowest BCUT2D eigenvalue weighted by molar-refractivity contribution is -0.132. The molecule has 5 rings (SSSR count). The van der Waals surface area contributed by atoms with E-state index < -0.39 is 0 Å². The maximum absolute atomic E-state index is 12.8. The second-order valence-electron chi connectivity index (χ2n) is 11.4. The van der Waals surface area contributed by atoms with Crippen LogP contribution in [0.3, 0.4) is 0 Å². The molecule has 0 saturated carbocycles. The van der Waals surface area contributed by atoms with Crippen LogP contribution in [0.4, 0.5) is 0 Å². The molecule has 7 heteroatoms. The summed E-state index contributed by atoms with van der Waals surface area (Å²) in [7, 11) is 0. The third kappa shape index (κ3) is 8.36. The van der Waals surface area contributed by atoms with Gasteiger partial charge in [-0.15, -0.1) is 0 Å². The molecule has 1 amide bonds. The van der Waals surface area contributed by atoms with E-state index in [2.05, 4.69) is 64.2 Å². The van der Waals surface area contributed by atoms with Crippen molar-refractivity contribution in [2.24, 2.45) is 5.92 Å². The van der Waals surface area contributed by atoms with Crippen LogP contribution in [0.1, 0.15) is 55.5 Å². The molecule has 0 radical (unpaired) electrons. The molecule has 1 aliphatic rings. The molecule has 6 nitrogen and oxygen atoms in total. The van der Waals surface area contributed by atoms with Gasteiger partial charge in [0.1, 0.15) is 18.2 Å². The number of benzene rings is 3. The van der Waals surface area contributed by atoms with Crippen molar-refractivity contribution in [2.45, 2.75) is 65.0 Å². The minimum atomic E-state index is 0.309. The second-order valence-corrected chi connectivity index (χ2v) is 11.9. The molecule has 4 aromatic rings. The summed E-state index contributed by atoms with van der Waals surface area (Å²) in [6.45, 7) is 7.06. The van der Waals surface area contributed by atoms with Crippen molar-refractivity contribution in [3.05, 3.63) is 94.8 Å². The number of rotatable bonds is 14. The number of amides is 1. The first-order valence-corrected chi connectivity index (χ1v) is 15.8. The molecule has 0 bridgehead atoms. The summed E-state index contributed by atoms with van der Waals surface area (Å²) in [5.41, 5.74) is 4.74. The number of piperidine rings is 1. The standard InChI is InChI=1S/C35H43ClN4O2/c1-27-8-5-12-32-35(27)38-33(26-42-31-16-14-30(36)15-17-31)40(32)23-7-11-29-19-24-39(25-20-29)34(41)13-6-21-37-22-18-28-9-3-2-4-10-28/h2-5,8-10,12,14-17,29,37H,6-7,11,13,18-26H2,1H3. The lowest BCUT2D eigenvalue weighted by Crippen LogP contribution is -2.38. The third-order valence-corrected chi connectivity index (χ3v) is 8.63. The normalized spacial score (nSPS) is 14.0. The number of imidazole rings is 1. The maximum Gasteiger partial charge on any atom is 0.222 e. The first kappa shape index (κ1) is 30.1. The Morgan fingerprint density at radius 2 is 1.76 bits per heavy atom. The van der Waals surface area contributed by atoms with Crippen molar-refractivity contribution in [1.29, 1.82) is 0 Å². The molecule has 0 atom stereocenters. The minimum absolute atomic E-state index is 0.309. The van der Waals surface area contributed by atoms with Crippen molar-refractivity contribution in [1.82, 2.24) is 19.8 Å². The van der Waals surface area contributed by atoms with Crippen LogP contribution in [0.2, 0.25) is 5.02 Å². The van der Waals surface area contributed by atoms with E-state index in [1.54, 1.807) is 0 Å². The van der Waals surface area contributed by atoms with Crippen molar-refractivity contribution in [3.8, 4) is 5.75 Å². The number of ether oxygens (including phenoxy) is 1. The Morgan fingerprint density at radius 3 is 2.55 bits per heavy atom. The van der Waals surface area contributed by atoms with Gasteiger partial charge in [0.25, 0.3) is 0 Å². The number of hydrogen-bond donors (Lipinski definition) is 1. The number of aryl methyl sites for hydroxylation is 2. The summed E-state index contributed by atoms with van der Waals surface area (Å²) in [6.07, 6.45) is 7.00. The van der Waals surface area contributed by atoms with Gasteiger partial charge in [0, 0.05) is 31.1 Å². The van der Waals surface area contributed by atoms with E-state index in [4.69, 9.17) is 21.3 Å². The summed E-state index contributed by atoms with van der Waals surface area (Å²) >= 11 is 6.03. The van der Waals surface area contributed by atoms with E-state index in [0.717, 1.165) is 88.3 Å². The Morgan fingerprint density at radius 1 is 0.976 bits per heavy atom. The molecule has 1 aliphatic heterocycles. The van der Waals surface area contributed by atoms with E-state index >= 15 is 0 Å². The SMILES string of the molecule is Cc1cccc2c1nc(COc1ccc(Cl)cc1)n2CCCC1CCN(C(=O)CCCNCCc2ccccc2)CC1. The number of carbonyl (C=O) groups excluding carboxylic acids is 1. The second kappa shape index (κ2) is 15.2. The number of halogens is 1. The van der Waals surface area contributed by atoms with E-state index in [-0.39, 0.29) is 0 Å². The first-order valence-electron chi connectivity index (χ1n) is 15.4. The lowest BCUT2D eigenvalue weighted by atomic mass is 9.92. The number of likely N-dealkylation sites (tertiary alicyclic amines) is 1. The van der Waals surface area contributed by atoms with Crippen LogP contribution < -0.4 is 10.1 Å². The average molecular weight is 587 g/mol. The van der Waals surface area contributed by atoms with Gasteiger partial charge in [-0.3, -0.25) is 4.79 Å². The molecule has 0 aliphatic carbocycles. The van der Waals surface area contributed by atoms with Crippen LogP contribution in [0.25, 0.3) is 11.0 Å². The van der Waals surface area contributed by atoms with Crippen LogP contribution in [0, 0.1) is 12.8 Å². The van der Waals surface area contributed by atoms with Crippen LogP contribution >= 0.6 is 11.6 Å². The minimum Gasteiger partial charge on any atom is -0.486 e. The lowest BCUT2D eigenvalue weighted by Gasteiger charge is -2.32. The topological polar surface area (TPSA) is 59.4 Å². The Hall–Kier alpha value is -3.35. The highest BCUT2D eigenvalue weighted by Crippen LogP contribution is 2.26. The largest absolute Gasteiger partial charge is 0.486 e. The average Bonchev–Trinajstić information content (AvgIpc) is 3.38. The molecule has 0 unspecified atom stereocenters. The molecular weight excluding hydrogens is 544 g/mol. The van der Waals surface area contributed by atoms with Gasteiger partial charge >= 0.3 is 0 Å². The summed E-state index contributed by atoms with van der Waals surface area (Å²) in [4.78, 5) is 19.8. The van der Waals surface area contributed by atoms with Gasteiger partial charge in [-0.1, -0.05) is 54.1 Å². The highest BCUT2D eigenvalue weighted by Gasteiger charge is 2.22. The molecule has 3 aromatic carbocycles. The molecule has 1 fully saturated rings. The maximum atomic E-state index is 12.8. The Balaban J connectivity index is 1.03. The fraction of sp³-hybridized carbons (Fsp3) is 0.429. The highest BCUT2D eigenvalue weighted by molar-refractivity contribution is 6.30. The third-order valence-electron chi connectivity index (χ3n) is 8.38. The van der Waals surface area contributed by atoms with E-state index in [9.17, 15) is 4.79 Å². The fourth-order valence-corrected chi connectivity index (χ4v) is 6.03. The molecule has 0 spiro atoms. The van der Waals surface area contributed by atoms with Crippen molar-refractivity contribution in [3.63, 3.8) is 0 Å². The fourth-order valence-electron chi connectivity index (χ4n) is 5.91. The number of para-hydroxylation sites is 1. The van der Waals surface area contributed by atoms with Crippen molar-refractivity contribution < 1.29 is 9.53 Å². The zero-order chi connectivity index (χ0) is 29.1. The van der Waals surface area contributed by atoms with E-state index in [0.29, 0.717) is 29.9 Å². The predicted octanol–water partition coefficient (Wildman–Crippen LogP) is 7.21. The zero-order valence-electron chi connectivity index (χ0n) is 24.7. The summed E-state index contributed by atoms with van der Waals surface area (Å²) in [6, 6.07) is 24.4. The predicted molar refractivity (Wildman–Crippen MR) is 171 cm³/mol. The van der Waals surface area contributed by atoms with E-state index in [1.165, 1.54) is 16.6 Å². The van der Waals surface area contributed by atoms with Gasteiger partial charge in [0.2, 0.25) is 5.91 Å². The Bertz CT molecular complexity index is 1410. The molecule has 1 aromatic heterocycles. The molecular formula is C35H43ClN4O2. The van der Waals surface area contributed by atoms with Gasteiger partial charge in [0.15, 0.2) is 0 Å². The van der Waals surface area contributed by atoms with Crippen LogP contribution in [0.15, 0.2) is 72.8 Å². The quantitative estimate of drug-likeness (QED) is 0.159. The Kier molecular flexibility index (Phi) is 10.9. The summed E-state index contributed by atoms with van der Waals surface area (Å²) < 4.78 is 8.39. The highest BCUT2D eigenvalue weighted by atomic mass is 35.5. The van der Waals surface area contributed by atoms with Crippen molar-refractivity contribution in [2.75, 3.05) is 26.2 Å². The Labute approximate surface area is 255 Å². The number of fused-ring (bicyclic) bond motifs is 1. The molecule has 42 heavy (non-hydrogen) atoms. The number of carbonyl (C=O) groups is 1. The van der Waals surface area contributed by atoms with Crippen LogP contribution in [0.5, 0.6) is 5.75 Å². The van der Waals surface area contributed by atoms with Gasteiger partial charge in [0.05, 0.1) is 11.0 Å². The zero-order valence-corrected chi connectivity index (χ0v) is 25.5. The summed E-state index contributed by atoms with van der Waals surface area (Å²) in [5.74, 6) is 2.71. The monoisotopic (exact) mass is 586 g/mol. The van der Waals surface area contributed by atoms with Gasteiger partial charge in [-0.2, -0.15) is 0 Å². The number of hydrogen-bond acceptors (Lipinski definition) is 4. The smallest absolute Gasteiger partial charge is 0.222 e. The van der Waals surface area contributed by atoms with Crippen molar-refractivity contribution >= 4 is 28.5 Å². The first-order chi connectivity index (χ1) is 20.6. The van der Waals surface area contributed by atoms with E-state index in [1.807, 2.05) is 30.3 Å². The molecule has 2 heterocycles. The number of aromatic nitrogens is 2. The van der Waals surface area contributed by atoms with Crippen LogP contribution in [-0.2, 0) is 24.4 Å². The van der Waals surface area contributed by atoms with Gasteiger partial charge in [-0.25, -0.2) is 4.98 Å². The molecule has 222 valence electrons. The number of nitrogens with zero attached hydrogens (tertiary/aromatic N) is 3. The summed E-state index contributed by atoms with van der Waals surface area (Å²) in [5, 5.41) is 4.18. The van der Waals surface area contributed by atoms with Crippen LogP contribution in [-0.4, -0.2) is 46.5 Å².